The smallest absolute Gasteiger partial charge is 0.311 e. The third-order valence-corrected chi connectivity index (χ3v) is 8.16. The van der Waals surface area contributed by atoms with E-state index in [9.17, 15) is 30.1 Å². The van der Waals surface area contributed by atoms with Gasteiger partial charge in [-0.2, -0.15) is 0 Å². The lowest BCUT2D eigenvalue weighted by molar-refractivity contribution is -0.572. The Morgan fingerprint density at radius 3 is 2.33 bits per heavy atom. The second kappa shape index (κ2) is 12.1. The van der Waals surface area contributed by atoms with E-state index < -0.39 is 33.4 Å². The fourth-order valence-electron chi connectivity index (χ4n) is 5.58. The molecule has 0 aliphatic heterocycles. The molecule has 0 aromatic rings. The maximum absolute atomic E-state index is 13.0. The average Bonchev–Trinajstić information content (AvgIpc) is 2.78. The predicted octanol–water partition coefficient (Wildman–Crippen LogP) is 3.30. The largest absolute Gasteiger partial charge is 0.464 e. The molecule has 10 heteroatoms. The molecule has 0 aromatic heterocycles. The van der Waals surface area contributed by atoms with Crippen LogP contribution in [-0.4, -0.2) is 70.3 Å². The van der Waals surface area contributed by atoms with Crippen LogP contribution in [0, 0.1) is 37.5 Å². The molecule has 190 valence electrons. The zero-order valence-electron chi connectivity index (χ0n) is 20.5. The second-order valence-corrected chi connectivity index (χ2v) is 10.5. The van der Waals surface area contributed by atoms with Gasteiger partial charge in [0.25, 0.3) is 0 Å². The molecule has 2 rings (SSSR count). The minimum Gasteiger partial charge on any atom is -0.464 e. The van der Waals surface area contributed by atoms with Gasteiger partial charge in [-0.1, -0.05) is 13.8 Å². The summed E-state index contributed by atoms with van der Waals surface area (Å²) in [6.07, 6.45) is 5.43. The van der Waals surface area contributed by atoms with Crippen LogP contribution >= 0.6 is 0 Å². The summed E-state index contributed by atoms with van der Waals surface area (Å²) in [5.41, 5.74) is -0.596. The molecule has 0 saturated heterocycles. The lowest BCUT2D eigenvalue weighted by Crippen LogP contribution is -2.52. The Labute approximate surface area is 196 Å². The minimum absolute atomic E-state index is 0.0707. The summed E-state index contributed by atoms with van der Waals surface area (Å²) in [5, 5.41) is 32.3. The van der Waals surface area contributed by atoms with Crippen molar-refractivity contribution in [3.8, 4) is 0 Å². The molecule has 2 aliphatic rings. The van der Waals surface area contributed by atoms with E-state index >= 15 is 0 Å². The van der Waals surface area contributed by atoms with Gasteiger partial charge in [-0.25, -0.2) is 0 Å². The third kappa shape index (κ3) is 7.34. The molecule has 10 nitrogen and oxygen atoms in total. The van der Waals surface area contributed by atoms with Gasteiger partial charge in [-0.3, -0.25) is 29.9 Å². The van der Waals surface area contributed by atoms with Crippen molar-refractivity contribution in [1.29, 1.82) is 0 Å². The number of aliphatic hydroxyl groups is 1. The quantitative estimate of drug-likeness (QED) is 0.275. The van der Waals surface area contributed by atoms with Gasteiger partial charge in [0.1, 0.15) is 6.61 Å². The van der Waals surface area contributed by atoms with Gasteiger partial charge in [-0.05, 0) is 70.8 Å². The molecular formula is C23H41N3O7. The van der Waals surface area contributed by atoms with Crippen LogP contribution in [0.1, 0.15) is 78.6 Å². The monoisotopic (exact) mass is 471 g/mol. The first kappa shape index (κ1) is 27.4. The molecule has 5 atom stereocenters. The molecule has 5 unspecified atom stereocenters. The molecule has 1 N–H and O–H groups in total. The molecule has 0 heterocycles. The van der Waals surface area contributed by atoms with Crippen molar-refractivity contribution in [2.45, 2.75) is 103 Å². The number of ether oxygens (including phenoxy) is 1. The van der Waals surface area contributed by atoms with E-state index in [1.807, 2.05) is 13.8 Å². The van der Waals surface area contributed by atoms with Crippen molar-refractivity contribution >= 4 is 5.97 Å². The van der Waals surface area contributed by atoms with Gasteiger partial charge in [0.15, 0.2) is 0 Å². The standard InChI is InChI=1S/C23H41N3O7/c1-5-23(3,15-16(2)17-6-9-19(27)10-7-17)22(28)33-13-12-24(4)20-11-8-18(25(29)30)14-21(20)26(31)32/h16-21,27H,5-15H2,1-4H3. The van der Waals surface area contributed by atoms with Crippen molar-refractivity contribution in [1.82, 2.24) is 4.90 Å². The Balaban J connectivity index is 1.86. The van der Waals surface area contributed by atoms with Gasteiger partial charge in [0.05, 0.1) is 24.0 Å². The second-order valence-electron chi connectivity index (χ2n) is 10.5. The highest BCUT2D eigenvalue weighted by Crippen LogP contribution is 2.39. The SMILES string of the molecule is CCC(C)(CC(C)C1CCC(O)CC1)C(=O)OCCN(C)C1CCC([N+](=O)[O-])CC1[N+](=O)[O-]. The minimum atomic E-state index is -0.995. The Morgan fingerprint density at radius 2 is 1.79 bits per heavy atom. The maximum atomic E-state index is 13.0. The lowest BCUT2D eigenvalue weighted by atomic mass is 9.71. The fraction of sp³-hybridized carbons (Fsp3) is 0.957. The van der Waals surface area contributed by atoms with E-state index in [4.69, 9.17) is 4.74 Å². The first-order valence-corrected chi connectivity index (χ1v) is 12.3. The summed E-state index contributed by atoms with van der Waals surface area (Å²) in [6, 6.07) is -2.28. The lowest BCUT2D eigenvalue weighted by Gasteiger charge is -2.36. The molecule has 0 amide bonds. The molecule has 0 radical (unpaired) electrons. The van der Waals surface area contributed by atoms with Gasteiger partial charge < -0.3 is 9.84 Å². The van der Waals surface area contributed by atoms with E-state index in [0.717, 1.165) is 32.1 Å². The van der Waals surface area contributed by atoms with Crippen LogP contribution in [0.4, 0.5) is 0 Å². The molecule has 2 fully saturated rings. The third-order valence-electron chi connectivity index (χ3n) is 8.16. The number of likely N-dealkylation sites (N-methyl/N-ethyl adjacent to an activating group) is 1. The number of nitrogens with zero attached hydrogens (tertiary/aromatic N) is 3. The molecule has 2 aliphatic carbocycles. The Hall–Kier alpha value is -1.81. The van der Waals surface area contributed by atoms with Crippen molar-refractivity contribution in [2.75, 3.05) is 20.2 Å². The van der Waals surface area contributed by atoms with Gasteiger partial charge in [-0.15, -0.1) is 0 Å². The number of hydrogen-bond acceptors (Lipinski definition) is 8. The number of rotatable bonds is 11. The summed E-state index contributed by atoms with van der Waals surface area (Å²) in [6.45, 7) is 6.58. The molecule has 33 heavy (non-hydrogen) atoms. The van der Waals surface area contributed by atoms with Crippen molar-refractivity contribution < 1.29 is 24.5 Å². The predicted molar refractivity (Wildman–Crippen MR) is 123 cm³/mol. The Bertz CT molecular complexity index is 683. The molecule has 0 spiro atoms. The van der Waals surface area contributed by atoms with Crippen LogP contribution in [0.5, 0.6) is 0 Å². The average molecular weight is 472 g/mol. The van der Waals surface area contributed by atoms with Crippen molar-refractivity contribution in [3.63, 3.8) is 0 Å². The summed E-state index contributed by atoms with van der Waals surface area (Å²) >= 11 is 0. The van der Waals surface area contributed by atoms with E-state index in [0.29, 0.717) is 37.6 Å². The summed E-state index contributed by atoms with van der Waals surface area (Å²) in [7, 11) is 1.75. The van der Waals surface area contributed by atoms with E-state index in [1.165, 1.54) is 0 Å². The first-order valence-electron chi connectivity index (χ1n) is 12.3. The number of carbonyl (C=O) groups is 1. The zero-order valence-corrected chi connectivity index (χ0v) is 20.5. The molecule has 0 aromatic carbocycles. The molecule has 0 bridgehead atoms. The van der Waals surface area contributed by atoms with Crippen LogP contribution in [-0.2, 0) is 9.53 Å². The van der Waals surface area contributed by atoms with Crippen molar-refractivity contribution in [3.05, 3.63) is 20.2 Å². The van der Waals surface area contributed by atoms with Gasteiger partial charge in [0, 0.05) is 22.8 Å². The van der Waals surface area contributed by atoms with Crippen LogP contribution < -0.4 is 0 Å². The highest BCUT2D eigenvalue weighted by molar-refractivity contribution is 5.76. The number of hydrogen-bond donors (Lipinski definition) is 1. The van der Waals surface area contributed by atoms with E-state index in [2.05, 4.69) is 6.92 Å². The number of aliphatic hydroxyl groups excluding tert-OH is 1. The highest BCUT2D eigenvalue weighted by atomic mass is 16.6. The normalized spacial score (nSPS) is 30.9. The maximum Gasteiger partial charge on any atom is 0.311 e. The first-order chi connectivity index (χ1) is 15.5. The summed E-state index contributed by atoms with van der Waals surface area (Å²) < 4.78 is 5.62. The van der Waals surface area contributed by atoms with Crippen LogP contribution in [0.3, 0.4) is 0 Å². The summed E-state index contributed by atoms with van der Waals surface area (Å²) in [4.78, 5) is 36.5. The number of nitro groups is 2. The van der Waals surface area contributed by atoms with Crippen LogP contribution in [0.15, 0.2) is 0 Å². The Morgan fingerprint density at radius 1 is 1.15 bits per heavy atom. The van der Waals surface area contributed by atoms with E-state index in [1.54, 1.807) is 11.9 Å². The number of esters is 1. The van der Waals surface area contributed by atoms with E-state index in [-0.39, 0.29) is 25.1 Å². The topological polar surface area (TPSA) is 136 Å². The zero-order chi connectivity index (χ0) is 24.8. The molecular weight excluding hydrogens is 430 g/mol. The van der Waals surface area contributed by atoms with Gasteiger partial charge in [0.2, 0.25) is 12.1 Å². The van der Waals surface area contributed by atoms with Crippen LogP contribution in [0.25, 0.3) is 0 Å². The number of carbonyl (C=O) groups excluding carboxylic acids is 1. The van der Waals surface area contributed by atoms with Crippen LogP contribution in [0.2, 0.25) is 0 Å². The van der Waals surface area contributed by atoms with Crippen molar-refractivity contribution in [2.24, 2.45) is 17.3 Å². The highest BCUT2D eigenvalue weighted by Gasteiger charge is 2.45. The van der Waals surface area contributed by atoms with Gasteiger partial charge >= 0.3 is 5.97 Å². The Kier molecular flexibility index (Phi) is 10.0. The molecule has 2 saturated carbocycles. The summed E-state index contributed by atoms with van der Waals surface area (Å²) in [5.74, 6) is 0.617. The fourth-order valence-corrected chi connectivity index (χ4v) is 5.58.